The van der Waals surface area contributed by atoms with E-state index in [1.54, 1.807) is 11.0 Å². The average Bonchev–Trinajstić information content (AvgIpc) is 3.38. The van der Waals surface area contributed by atoms with Gasteiger partial charge in [0.05, 0.1) is 17.7 Å². The third-order valence-electron chi connectivity index (χ3n) is 5.61. The number of hydrogen-bond acceptors (Lipinski definition) is 3. The fourth-order valence-electron chi connectivity index (χ4n) is 3.77. The molecule has 6 nitrogen and oxygen atoms in total. The summed E-state index contributed by atoms with van der Waals surface area (Å²) < 4.78 is 1.70. The molecule has 150 valence electrons. The van der Waals surface area contributed by atoms with Crippen molar-refractivity contribution in [3.63, 3.8) is 0 Å². The molecule has 3 rings (SSSR count). The number of anilines is 1. The first-order valence-corrected chi connectivity index (χ1v) is 10.5. The Kier molecular flexibility index (Phi) is 6.22. The molecule has 1 aromatic rings. The van der Waals surface area contributed by atoms with E-state index in [4.69, 9.17) is 0 Å². The standard InChI is InChI=1S/C21H35N5O/c1-21(2,3)19-17(24-14-22-12-16-10-11-16)18(26(4)25-19)20(27)23-13-15-8-6-5-7-9-15/h14-16H,5-13H2,1-4H3,(H,22,24)(H,23,27). The molecule has 1 aromatic heterocycles. The van der Waals surface area contributed by atoms with Gasteiger partial charge in [-0.15, -0.1) is 0 Å². The Morgan fingerprint density at radius 1 is 1.19 bits per heavy atom. The Labute approximate surface area is 163 Å². The second-order valence-electron chi connectivity index (χ2n) is 9.24. The first-order valence-electron chi connectivity index (χ1n) is 10.5. The molecule has 2 fully saturated rings. The fraction of sp³-hybridized carbons (Fsp3) is 0.762. The van der Waals surface area contributed by atoms with Gasteiger partial charge in [-0.3, -0.25) is 14.5 Å². The predicted molar refractivity (Wildman–Crippen MR) is 111 cm³/mol. The van der Waals surface area contributed by atoms with Crippen LogP contribution in [0, 0.1) is 11.8 Å². The van der Waals surface area contributed by atoms with Gasteiger partial charge in [0, 0.05) is 25.6 Å². The zero-order valence-electron chi connectivity index (χ0n) is 17.3. The first-order chi connectivity index (χ1) is 12.9. The highest BCUT2D eigenvalue weighted by Crippen LogP contribution is 2.32. The summed E-state index contributed by atoms with van der Waals surface area (Å²) in [6.07, 6.45) is 10.6. The Balaban J connectivity index is 1.73. The number of carbonyl (C=O) groups is 1. The van der Waals surface area contributed by atoms with Crippen LogP contribution < -0.4 is 10.6 Å². The molecule has 1 amide bonds. The number of aryl methyl sites for hydroxylation is 1. The van der Waals surface area contributed by atoms with Gasteiger partial charge in [-0.1, -0.05) is 40.0 Å². The highest BCUT2D eigenvalue weighted by Gasteiger charge is 2.29. The van der Waals surface area contributed by atoms with Crippen molar-refractivity contribution in [2.45, 2.75) is 71.1 Å². The number of carbonyl (C=O) groups excluding carboxylic acids is 1. The lowest BCUT2D eigenvalue weighted by Crippen LogP contribution is -2.32. The lowest BCUT2D eigenvalue weighted by Gasteiger charge is -2.22. The van der Waals surface area contributed by atoms with Crippen LogP contribution in [0.3, 0.4) is 0 Å². The number of amides is 1. The van der Waals surface area contributed by atoms with Crippen molar-refractivity contribution >= 4 is 17.9 Å². The van der Waals surface area contributed by atoms with Gasteiger partial charge in [-0.05, 0) is 37.5 Å². The van der Waals surface area contributed by atoms with Gasteiger partial charge < -0.3 is 10.6 Å². The highest BCUT2D eigenvalue weighted by atomic mass is 16.2. The van der Waals surface area contributed by atoms with Crippen LogP contribution in [-0.4, -0.2) is 35.1 Å². The third-order valence-corrected chi connectivity index (χ3v) is 5.61. The van der Waals surface area contributed by atoms with Crippen molar-refractivity contribution in [1.29, 1.82) is 0 Å². The number of hydrogen-bond donors (Lipinski definition) is 2. The largest absolute Gasteiger partial charge is 0.350 e. The molecule has 0 bridgehead atoms. The highest BCUT2D eigenvalue weighted by molar-refractivity contribution is 6.01. The minimum Gasteiger partial charge on any atom is -0.350 e. The SMILES string of the molecule is Cn1nc(C(C)(C)C)c(NC=NCC2CC2)c1C(=O)NCC1CCCCC1. The summed E-state index contributed by atoms with van der Waals surface area (Å²) in [7, 11) is 1.84. The molecule has 1 heterocycles. The van der Waals surface area contributed by atoms with Gasteiger partial charge in [0.25, 0.3) is 5.91 Å². The second kappa shape index (κ2) is 8.44. The molecule has 2 N–H and O–H groups in total. The molecule has 0 radical (unpaired) electrons. The van der Waals surface area contributed by atoms with Crippen molar-refractivity contribution in [2.75, 3.05) is 18.4 Å². The molecular weight excluding hydrogens is 338 g/mol. The molecule has 27 heavy (non-hydrogen) atoms. The van der Waals surface area contributed by atoms with Crippen molar-refractivity contribution in [1.82, 2.24) is 15.1 Å². The van der Waals surface area contributed by atoms with Crippen LogP contribution >= 0.6 is 0 Å². The van der Waals surface area contributed by atoms with Gasteiger partial charge in [0.2, 0.25) is 0 Å². The Morgan fingerprint density at radius 2 is 1.89 bits per heavy atom. The normalized spacial score (nSPS) is 18.8. The van der Waals surface area contributed by atoms with Crippen molar-refractivity contribution < 1.29 is 4.79 Å². The van der Waals surface area contributed by atoms with E-state index in [1.165, 1.54) is 44.9 Å². The number of nitrogens with one attached hydrogen (secondary N) is 2. The summed E-state index contributed by atoms with van der Waals surface area (Å²) in [4.78, 5) is 17.4. The molecule has 2 saturated carbocycles. The molecule has 6 heteroatoms. The zero-order valence-corrected chi connectivity index (χ0v) is 17.3. The van der Waals surface area contributed by atoms with E-state index in [9.17, 15) is 4.79 Å². The summed E-state index contributed by atoms with van der Waals surface area (Å²) in [5, 5.41) is 11.1. The van der Waals surface area contributed by atoms with E-state index in [0.29, 0.717) is 11.6 Å². The third kappa shape index (κ3) is 5.33. The van der Waals surface area contributed by atoms with Gasteiger partial charge in [0.15, 0.2) is 0 Å². The summed E-state index contributed by atoms with van der Waals surface area (Å²) in [6.45, 7) is 7.97. The van der Waals surface area contributed by atoms with Crippen LogP contribution in [0.5, 0.6) is 0 Å². The first kappa shape index (κ1) is 19.9. The second-order valence-corrected chi connectivity index (χ2v) is 9.24. The minimum absolute atomic E-state index is 0.0517. The topological polar surface area (TPSA) is 71.3 Å². The van der Waals surface area contributed by atoms with E-state index in [2.05, 4.69) is 41.5 Å². The lowest BCUT2D eigenvalue weighted by molar-refractivity contribution is 0.0935. The van der Waals surface area contributed by atoms with E-state index in [-0.39, 0.29) is 11.3 Å². The number of aliphatic imine (C=N–C) groups is 1. The number of rotatable bonds is 7. The fourth-order valence-corrected chi connectivity index (χ4v) is 3.77. The smallest absolute Gasteiger partial charge is 0.271 e. The van der Waals surface area contributed by atoms with Gasteiger partial charge in [-0.2, -0.15) is 5.10 Å². The monoisotopic (exact) mass is 373 g/mol. The summed E-state index contributed by atoms with van der Waals surface area (Å²) in [6, 6.07) is 0. The molecule has 0 spiro atoms. The van der Waals surface area contributed by atoms with Crippen LogP contribution in [0.15, 0.2) is 4.99 Å². The molecule has 0 aliphatic heterocycles. The van der Waals surface area contributed by atoms with Crippen LogP contribution in [0.25, 0.3) is 0 Å². The van der Waals surface area contributed by atoms with E-state index in [1.807, 2.05) is 7.05 Å². The van der Waals surface area contributed by atoms with Gasteiger partial charge in [-0.25, -0.2) is 0 Å². The molecule has 0 aromatic carbocycles. The van der Waals surface area contributed by atoms with Gasteiger partial charge >= 0.3 is 0 Å². The van der Waals surface area contributed by atoms with Crippen molar-refractivity contribution in [3.05, 3.63) is 11.4 Å². The molecule has 2 aliphatic carbocycles. The van der Waals surface area contributed by atoms with E-state index >= 15 is 0 Å². The summed E-state index contributed by atoms with van der Waals surface area (Å²) in [5.74, 6) is 1.30. The maximum atomic E-state index is 13.0. The Bertz CT molecular complexity index is 675. The molecule has 2 aliphatic rings. The van der Waals surface area contributed by atoms with Crippen LogP contribution in [0.4, 0.5) is 5.69 Å². The van der Waals surface area contributed by atoms with E-state index < -0.39 is 0 Å². The maximum Gasteiger partial charge on any atom is 0.271 e. The van der Waals surface area contributed by atoms with Crippen LogP contribution in [0.1, 0.15) is 81.9 Å². The van der Waals surface area contributed by atoms with Crippen molar-refractivity contribution in [2.24, 2.45) is 23.9 Å². The Morgan fingerprint density at radius 3 is 2.52 bits per heavy atom. The molecule has 0 atom stereocenters. The van der Waals surface area contributed by atoms with E-state index in [0.717, 1.165) is 30.4 Å². The molecule has 0 unspecified atom stereocenters. The van der Waals surface area contributed by atoms with Crippen molar-refractivity contribution in [3.8, 4) is 0 Å². The summed E-state index contributed by atoms with van der Waals surface area (Å²) in [5.41, 5.74) is 2.11. The zero-order chi connectivity index (χ0) is 19.4. The average molecular weight is 374 g/mol. The number of nitrogens with zero attached hydrogens (tertiary/aromatic N) is 3. The summed E-state index contributed by atoms with van der Waals surface area (Å²) >= 11 is 0. The molecule has 0 saturated heterocycles. The quantitative estimate of drug-likeness (QED) is 0.563. The minimum atomic E-state index is -0.160. The maximum absolute atomic E-state index is 13.0. The van der Waals surface area contributed by atoms with Crippen LogP contribution in [0.2, 0.25) is 0 Å². The lowest BCUT2D eigenvalue weighted by atomic mass is 9.89. The Hall–Kier alpha value is -1.85. The predicted octanol–water partition coefficient (Wildman–Crippen LogP) is 3.88. The van der Waals surface area contributed by atoms with Crippen LogP contribution in [-0.2, 0) is 12.5 Å². The molecular formula is C21H35N5O. The van der Waals surface area contributed by atoms with Gasteiger partial charge in [0.1, 0.15) is 5.69 Å². The number of aromatic nitrogens is 2.